The third-order valence-corrected chi connectivity index (χ3v) is 3.21. The average molecular weight is 173 g/mol. The van der Waals surface area contributed by atoms with Gasteiger partial charge in [0, 0.05) is 19.0 Å². The van der Waals surface area contributed by atoms with Gasteiger partial charge < -0.3 is 4.90 Å². The third-order valence-electron chi connectivity index (χ3n) is 1.24. The SMILES string of the molecule is CSc1ccsc1N(C)C. The molecule has 0 bridgehead atoms. The van der Waals surface area contributed by atoms with E-state index >= 15 is 0 Å². The Hall–Kier alpha value is -0.150. The normalized spacial score (nSPS) is 9.90. The first kappa shape index (κ1) is 7.95. The van der Waals surface area contributed by atoms with E-state index < -0.39 is 0 Å². The van der Waals surface area contributed by atoms with Gasteiger partial charge in [-0.25, -0.2) is 0 Å². The molecule has 1 nitrogen and oxygen atoms in total. The van der Waals surface area contributed by atoms with Gasteiger partial charge in [0.2, 0.25) is 0 Å². The largest absolute Gasteiger partial charge is 0.369 e. The molecule has 1 rings (SSSR count). The highest BCUT2D eigenvalue weighted by Crippen LogP contribution is 2.32. The topological polar surface area (TPSA) is 3.24 Å². The summed E-state index contributed by atoms with van der Waals surface area (Å²) in [6.45, 7) is 0. The molecule has 10 heavy (non-hydrogen) atoms. The number of thiophene rings is 1. The Balaban J connectivity index is 2.90. The van der Waals surface area contributed by atoms with Crippen molar-refractivity contribution in [3.8, 4) is 0 Å². The lowest BCUT2D eigenvalue weighted by molar-refractivity contribution is 1.13. The summed E-state index contributed by atoms with van der Waals surface area (Å²) in [5.41, 5.74) is 0. The van der Waals surface area contributed by atoms with E-state index in [4.69, 9.17) is 0 Å². The molecule has 0 aliphatic rings. The molecular formula is C7H11NS2. The lowest BCUT2D eigenvalue weighted by Gasteiger charge is -2.10. The summed E-state index contributed by atoms with van der Waals surface area (Å²) in [5, 5.41) is 3.48. The van der Waals surface area contributed by atoms with Gasteiger partial charge >= 0.3 is 0 Å². The lowest BCUT2D eigenvalue weighted by atomic mass is 10.6. The van der Waals surface area contributed by atoms with E-state index in [1.807, 2.05) is 0 Å². The highest BCUT2D eigenvalue weighted by molar-refractivity contribution is 7.99. The number of hydrogen-bond donors (Lipinski definition) is 0. The molecule has 0 saturated heterocycles. The maximum Gasteiger partial charge on any atom is 0.104 e. The van der Waals surface area contributed by atoms with E-state index in [2.05, 4.69) is 36.7 Å². The minimum absolute atomic E-state index is 1.35. The molecule has 0 saturated carbocycles. The van der Waals surface area contributed by atoms with Crippen LogP contribution in [0.5, 0.6) is 0 Å². The van der Waals surface area contributed by atoms with Gasteiger partial charge in [-0.1, -0.05) is 0 Å². The van der Waals surface area contributed by atoms with Crippen molar-refractivity contribution in [3.05, 3.63) is 11.4 Å². The molecule has 0 spiro atoms. The van der Waals surface area contributed by atoms with Crippen LogP contribution in [0.2, 0.25) is 0 Å². The second-order valence-corrected chi connectivity index (χ2v) is 3.93. The van der Waals surface area contributed by atoms with Crippen molar-refractivity contribution in [1.29, 1.82) is 0 Å². The highest BCUT2D eigenvalue weighted by Gasteiger charge is 2.02. The summed E-state index contributed by atoms with van der Waals surface area (Å²) in [5.74, 6) is 0. The number of anilines is 1. The quantitative estimate of drug-likeness (QED) is 0.632. The van der Waals surface area contributed by atoms with Gasteiger partial charge in [0.05, 0.1) is 0 Å². The van der Waals surface area contributed by atoms with Gasteiger partial charge in [0.1, 0.15) is 5.00 Å². The van der Waals surface area contributed by atoms with E-state index in [-0.39, 0.29) is 0 Å². The van der Waals surface area contributed by atoms with Gasteiger partial charge in [-0.2, -0.15) is 0 Å². The van der Waals surface area contributed by atoms with Crippen LogP contribution in [0.25, 0.3) is 0 Å². The van der Waals surface area contributed by atoms with Crippen molar-refractivity contribution < 1.29 is 0 Å². The Morgan fingerprint density at radius 2 is 2.20 bits per heavy atom. The molecule has 0 unspecified atom stereocenters. The Morgan fingerprint density at radius 1 is 1.50 bits per heavy atom. The molecule has 0 N–H and O–H groups in total. The predicted octanol–water partition coefficient (Wildman–Crippen LogP) is 2.54. The molecule has 0 atom stereocenters. The summed E-state index contributed by atoms with van der Waals surface area (Å²) >= 11 is 3.59. The van der Waals surface area contributed by atoms with Crippen LogP contribution in [0.4, 0.5) is 5.00 Å². The zero-order valence-corrected chi connectivity index (χ0v) is 8.05. The number of nitrogens with zero attached hydrogens (tertiary/aromatic N) is 1. The van der Waals surface area contributed by atoms with E-state index in [0.717, 1.165) is 0 Å². The first-order valence-electron chi connectivity index (χ1n) is 3.04. The van der Waals surface area contributed by atoms with Gasteiger partial charge in [0.25, 0.3) is 0 Å². The first-order valence-corrected chi connectivity index (χ1v) is 5.15. The monoisotopic (exact) mass is 173 g/mol. The van der Waals surface area contributed by atoms with E-state index in [1.165, 1.54) is 9.90 Å². The van der Waals surface area contributed by atoms with Crippen molar-refractivity contribution in [1.82, 2.24) is 0 Å². The van der Waals surface area contributed by atoms with Crippen molar-refractivity contribution in [2.45, 2.75) is 4.90 Å². The second-order valence-electron chi connectivity index (χ2n) is 2.19. The predicted molar refractivity (Wildman–Crippen MR) is 50.4 cm³/mol. The summed E-state index contributed by atoms with van der Waals surface area (Å²) in [7, 11) is 4.15. The molecule has 0 fully saturated rings. The molecule has 0 aromatic carbocycles. The standard InChI is InChI=1S/C7H11NS2/c1-8(2)7-6(9-3)4-5-10-7/h4-5H,1-3H3. The minimum atomic E-state index is 1.35. The fourth-order valence-electron chi connectivity index (χ4n) is 0.771. The van der Waals surface area contributed by atoms with Gasteiger partial charge in [-0.15, -0.1) is 23.1 Å². The Bertz CT molecular complexity index is 205. The molecule has 3 heteroatoms. The first-order chi connectivity index (χ1) is 4.75. The van der Waals surface area contributed by atoms with Crippen LogP contribution in [-0.2, 0) is 0 Å². The number of hydrogen-bond acceptors (Lipinski definition) is 3. The van der Waals surface area contributed by atoms with Crippen LogP contribution < -0.4 is 4.90 Å². The minimum Gasteiger partial charge on any atom is -0.369 e. The molecule has 1 aromatic heterocycles. The molecule has 56 valence electrons. The van der Waals surface area contributed by atoms with Crippen LogP contribution in [0, 0.1) is 0 Å². The molecule has 1 aromatic rings. The summed E-state index contributed by atoms with van der Waals surface area (Å²) in [4.78, 5) is 3.52. The highest BCUT2D eigenvalue weighted by atomic mass is 32.2. The zero-order valence-electron chi connectivity index (χ0n) is 6.42. The summed E-state index contributed by atoms with van der Waals surface area (Å²) in [6.07, 6.45) is 2.11. The Labute approximate surface area is 70.0 Å². The second kappa shape index (κ2) is 3.30. The van der Waals surface area contributed by atoms with Crippen molar-refractivity contribution >= 4 is 28.1 Å². The summed E-state index contributed by atoms with van der Waals surface area (Å²) < 4.78 is 0. The summed E-state index contributed by atoms with van der Waals surface area (Å²) in [6, 6.07) is 2.16. The fourth-order valence-corrected chi connectivity index (χ4v) is 2.54. The van der Waals surface area contributed by atoms with Crippen molar-refractivity contribution in [2.24, 2.45) is 0 Å². The van der Waals surface area contributed by atoms with E-state index in [1.54, 1.807) is 23.1 Å². The maximum atomic E-state index is 2.16. The van der Waals surface area contributed by atoms with Gasteiger partial charge in [-0.05, 0) is 17.7 Å². The maximum absolute atomic E-state index is 2.16. The zero-order chi connectivity index (χ0) is 7.56. The fraction of sp³-hybridized carbons (Fsp3) is 0.429. The van der Waals surface area contributed by atoms with Crippen molar-refractivity contribution in [3.63, 3.8) is 0 Å². The molecule has 0 amide bonds. The van der Waals surface area contributed by atoms with E-state index in [9.17, 15) is 0 Å². The van der Waals surface area contributed by atoms with E-state index in [0.29, 0.717) is 0 Å². The molecule has 0 aliphatic heterocycles. The Morgan fingerprint density at radius 3 is 2.60 bits per heavy atom. The van der Waals surface area contributed by atoms with Crippen molar-refractivity contribution in [2.75, 3.05) is 25.3 Å². The smallest absolute Gasteiger partial charge is 0.104 e. The lowest BCUT2D eigenvalue weighted by Crippen LogP contribution is -2.07. The number of rotatable bonds is 2. The van der Waals surface area contributed by atoms with Crippen LogP contribution in [0.3, 0.4) is 0 Å². The van der Waals surface area contributed by atoms with Gasteiger partial charge in [0.15, 0.2) is 0 Å². The number of thioether (sulfide) groups is 1. The molecule has 0 radical (unpaired) electrons. The third kappa shape index (κ3) is 1.47. The van der Waals surface area contributed by atoms with Crippen LogP contribution >= 0.6 is 23.1 Å². The van der Waals surface area contributed by atoms with Crippen LogP contribution in [-0.4, -0.2) is 20.4 Å². The molecule has 1 heterocycles. The average Bonchev–Trinajstić information content (AvgIpc) is 2.33. The molecule has 0 aliphatic carbocycles. The van der Waals surface area contributed by atoms with Crippen LogP contribution in [0.1, 0.15) is 0 Å². The molecular weight excluding hydrogens is 162 g/mol. The Kier molecular flexibility index (Phi) is 2.63. The van der Waals surface area contributed by atoms with Gasteiger partial charge in [-0.3, -0.25) is 0 Å². The van der Waals surface area contributed by atoms with Crippen LogP contribution in [0.15, 0.2) is 16.3 Å².